The van der Waals surface area contributed by atoms with Gasteiger partial charge in [0.05, 0.1) is 36.0 Å². The van der Waals surface area contributed by atoms with Gasteiger partial charge in [-0.1, -0.05) is 35.4 Å². The van der Waals surface area contributed by atoms with Gasteiger partial charge in [0.15, 0.2) is 11.5 Å². The van der Waals surface area contributed by atoms with Crippen LogP contribution in [-0.2, 0) is 10.0 Å². The summed E-state index contributed by atoms with van der Waals surface area (Å²) < 4.78 is 50.9. The van der Waals surface area contributed by atoms with Gasteiger partial charge in [0.25, 0.3) is 15.9 Å². The molecule has 0 bridgehead atoms. The number of carbonyl (C=O) groups is 1. The number of aromatic nitrogens is 2. The highest BCUT2D eigenvalue weighted by molar-refractivity contribution is 7.92. The number of para-hydroxylation sites is 1. The predicted octanol–water partition coefficient (Wildman–Crippen LogP) is 4.99. The molecule has 3 aromatic carbocycles. The van der Waals surface area contributed by atoms with Gasteiger partial charge in [-0.25, -0.2) is 8.42 Å². The quantitative estimate of drug-likeness (QED) is 0.249. The van der Waals surface area contributed by atoms with Crippen molar-refractivity contribution in [2.45, 2.75) is 25.7 Å². The molecule has 1 heterocycles. The summed E-state index contributed by atoms with van der Waals surface area (Å²) in [6, 6.07) is 17.2. The Morgan fingerprint density at radius 3 is 2.10 bits per heavy atom. The van der Waals surface area contributed by atoms with E-state index in [4.69, 9.17) is 18.6 Å². The highest BCUT2D eigenvalue weighted by Gasteiger charge is 2.22. The normalized spacial score (nSPS) is 11.1. The maximum absolute atomic E-state index is 13.1. The molecule has 0 saturated heterocycles. The standard InChI is InChI=1S/C27H28N4O7S/c1-4-35-22-16-18(17-23(36-5-2)24(22)37-6-3)26-29-30-27(38-26)28-25(32)20-14-10-11-15-21(20)31-39(33,34)19-12-8-7-9-13-19/h7-17,31H,4-6H2,1-3H3,(H,28,30,32). The number of hydrogen-bond acceptors (Lipinski definition) is 9. The lowest BCUT2D eigenvalue weighted by atomic mass is 10.1. The number of anilines is 2. The average Bonchev–Trinajstić information content (AvgIpc) is 3.39. The molecule has 0 aliphatic rings. The molecule has 4 aromatic rings. The molecule has 0 aliphatic heterocycles. The largest absolute Gasteiger partial charge is 0.490 e. The van der Waals surface area contributed by atoms with Crippen molar-refractivity contribution in [2.75, 3.05) is 29.9 Å². The molecule has 0 atom stereocenters. The van der Waals surface area contributed by atoms with Crippen LogP contribution >= 0.6 is 0 Å². The number of benzene rings is 3. The minimum atomic E-state index is -3.92. The summed E-state index contributed by atoms with van der Waals surface area (Å²) in [5, 5.41) is 10.5. The van der Waals surface area contributed by atoms with E-state index in [0.717, 1.165) is 0 Å². The van der Waals surface area contributed by atoms with Gasteiger partial charge in [-0.05, 0) is 57.2 Å². The van der Waals surface area contributed by atoms with E-state index in [9.17, 15) is 13.2 Å². The number of rotatable bonds is 12. The zero-order valence-corrected chi connectivity index (χ0v) is 22.4. The van der Waals surface area contributed by atoms with Crippen LogP contribution in [0.2, 0.25) is 0 Å². The van der Waals surface area contributed by atoms with Crippen LogP contribution in [0.5, 0.6) is 17.2 Å². The Balaban J connectivity index is 1.58. The van der Waals surface area contributed by atoms with Crippen molar-refractivity contribution >= 4 is 27.6 Å². The van der Waals surface area contributed by atoms with Crippen LogP contribution in [0.4, 0.5) is 11.7 Å². The van der Waals surface area contributed by atoms with Crippen molar-refractivity contribution in [2.24, 2.45) is 0 Å². The molecular formula is C27H28N4O7S. The molecule has 12 heteroatoms. The van der Waals surface area contributed by atoms with E-state index in [-0.39, 0.29) is 28.1 Å². The van der Waals surface area contributed by atoms with Gasteiger partial charge in [-0.15, -0.1) is 5.10 Å². The van der Waals surface area contributed by atoms with Crippen molar-refractivity contribution in [3.8, 4) is 28.7 Å². The van der Waals surface area contributed by atoms with Gasteiger partial charge in [0.2, 0.25) is 11.6 Å². The van der Waals surface area contributed by atoms with Crippen LogP contribution in [0.15, 0.2) is 76.0 Å². The smallest absolute Gasteiger partial charge is 0.322 e. The molecule has 0 radical (unpaired) electrons. The van der Waals surface area contributed by atoms with Crippen LogP contribution in [-0.4, -0.2) is 44.3 Å². The molecule has 0 unspecified atom stereocenters. The number of sulfonamides is 1. The van der Waals surface area contributed by atoms with Crippen molar-refractivity contribution in [3.63, 3.8) is 0 Å². The molecule has 39 heavy (non-hydrogen) atoms. The Morgan fingerprint density at radius 2 is 1.46 bits per heavy atom. The summed E-state index contributed by atoms with van der Waals surface area (Å²) in [5.74, 6) is 0.821. The molecule has 1 amide bonds. The third-order valence-corrected chi connectivity index (χ3v) is 6.65. The number of ether oxygens (including phenoxy) is 3. The van der Waals surface area contributed by atoms with Crippen LogP contribution in [0.3, 0.4) is 0 Å². The number of carbonyl (C=O) groups excluding carboxylic acids is 1. The second-order valence-electron chi connectivity index (χ2n) is 7.93. The second kappa shape index (κ2) is 12.3. The third kappa shape index (κ3) is 6.47. The molecule has 11 nitrogen and oxygen atoms in total. The molecule has 0 fully saturated rings. The summed E-state index contributed by atoms with van der Waals surface area (Å²) in [6.45, 7) is 6.76. The predicted molar refractivity (Wildman–Crippen MR) is 145 cm³/mol. The second-order valence-corrected chi connectivity index (χ2v) is 9.61. The van der Waals surface area contributed by atoms with Gasteiger partial charge in [-0.3, -0.25) is 14.8 Å². The lowest BCUT2D eigenvalue weighted by Gasteiger charge is -2.16. The first-order valence-electron chi connectivity index (χ1n) is 12.2. The summed E-state index contributed by atoms with van der Waals surface area (Å²) in [5.41, 5.74) is 0.650. The van der Waals surface area contributed by atoms with E-state index in [1.807, 2.05) is 20.8 Å². The Morgan fingerprint density at radius 1 is 0.846 bits per heavy atom. The van der Waals surface area contributed by atoms with Gasteiger partial charge < -0.3 is 18.6 Å². The average molecular weight is 553 g/mol. The fourth-order valence-corrected chi connectivity index (χ4v) is 4.74. The van der Waals surface area contributed by atoms with E-state index in [2.05, 4.69) is 20.2 Å². The van der Waals surface area contributed by atoms with Gasteiger partial charge in [0.1, 0.15) is 0 Å². The Labute approximate surface area is 226 Å². The van der Waals surface area contributed by atoms with Crippen LogP contribution in [0, 0.1) is 0 Å². The van der Waals surface area contributed by atoms with Crippen LogP contribution in [0.1, 0.15) is 31.1 Å². The van der Waals surface area contributed by atoms with Crippen molar-refractivity contribution in [1.82, 2.24) is 10.2 Å². The molecule has 2 N–H and O–H groups in total. The first-order valence-corrected chi connectivity index (χ1v) is 13.7. The first-order chi connectivity index (χ1) is 18.9. The van der Waals surface area contributed by atoms with Crippen LogP contribution < -0.4 is 24.2 Å². The summed E-state index contributed by atoms with van der Waals surface area (Å²) in [6.07, 6.45) is 0. The third-order valence-electron chi connectivity index (χ3n) is 5.27. The van der Waals surface area contributed by atoms with E-state index in [1.54, 1.807) is 42.5 Å². The van der Waals surface area contributed by atoms with E-state index < -0.39 is 15.9 Å². The van der Waals surface area contributed by atoms with Crippen LogP contribution in [0.25, 0.3) is 11.5 Å². The highest BCUT2D eigenvalue weighted by atomic mass is 32.2. The molecule has 0 spiro atoms. The minimum Gasteiger partial charge on any atom is -0.490 e. The Kier molecular flexibility index (Phi) is 8.67. The molecule has 0 saturated carbocycles. The number of nitrogens with one attached hydrogen (secondary N) is 2. The van der Waals surface area contributed by atoms with E-state index in [0.29, 0.717) is 42.6 Å². The fraction of sp³-hybridized carbons (Fsp3) is 0.222. The van der Waals surface area contributed by atoms with Gasteiger partial charge >= 0.3 is 6.01 Å². The highest BCUT2D eigenvalue weighted by Crippen LogP contribution is 2.42. The molecule has 4 rings (SSSR count). The number of hydrogen-bond donors (Lipinski definition) is 2. The molecular weight excluding hydrogens is 524 g/mol. The lowest BCUT2D eigenvalue weighted by molar-refractivity contribution is 0.102. The monoisotopic (exact) mass is 552 g/mol. The topological polar surface area (TPSA) is 142 Å². The summed E-state index contributed by atoms with van der Waals surface area (Å²) in [4.78, 5) is 13.1. The summed E-state index contributed by atoms with van der Waals surface area (Å²) >= 11 is 0. The summed E-state index contributed by atoms with van der Waals surface area (Å²) in [7, 11) is -3.92. The van der Waals surface area contributed by atoms with Gasteiger partial charge in [0, 0.05) is 5.56 Å². The lowest BCUT2D eigenvalue weighted by Crippen LogP contribution is -2.18. The number of amides is 1. The van der Waals surface area contributed by atoms with E-state index in [1.165, 1.54) is 24.3 Å². The molecule has 204 valence electrons. The number of nitrogens with zero attached hydrogens (tertiary/aromatic N) is 2. The SMILES string of the molecule is CCOc1cc(-c2nnc(NC(=O)c3ccccc3NS(=O)(=O)c3ccccc3)o2)cc(OCC)c1OCC. The maximum Gasteiger partial charge on any atom is 0.322 e. The maximum atomic E-state index is 13.1. The zero-order chi connectivity index (χ0) is 27.8. The Hall–Kier alpha value is -4.58. The molecule has 0 aliphatic carbocycles. The van der Waals surface area contributed by atoms with E-state index >= 15 is 0 Å². The Bertz CT molecular complexity index is 1510. The van der Waals surface area contributed by atoms with Crippen molar-refractivity contribution < 1.29 is 31.8 Å². The zero-order valence-electron chi connectivity index (χ0n) is 21.6. The minimum absolute atomic E-state index is 0.0648. The van der Waals surface area contributed by atoms with Crippen molar-refractivity contribution in [1.29, 1.82) is 0 Å². The van der Waals surface area contributed by atoms with Crippen molar-refractivity contribution in [3.05, 3.63) is 72.3 Å². The van der Waals surface area contributed by atoms with Gasteiger partial charge in [-0.2, -0.15) is 0 Å². The molecule has 1 aromatic heterocycles. The fourth-order valence-electron chi connectivity index (χ4n) is 3.64. The first kappa shape index (κ1) is 27.5.